The Morgan fingerprint density at radius 3 is 2.47 bits per heavy atom. The molecule has 3 rings (SSSR count). The predicted molar refractivity (Wildman–Crippen MR) is 75.7 cm³/mol. The van der Waals surface area contributed by atoms with Crippen molar-refractivity contribution in [1.82, 2.24) is 9.80 Å². The van der Waals surface area contributed by atoms with E-state index in [0.717, 1.165) is 11.5 Å². The molecule has 1 aromatic rings. The van der Waals surface area contributed by atoms with Crippen molar-refractivity contribution in [1.29, 1.82) is 0 Å². The molecule has 3 nitrogen and oxygen atoms in total. The van der Waals surface area contributed by atoms with E-state index in [1.807, 2.05) is 49.3 Å². The topological polar surface area (TPSA) is 23.6 Å². The van der Waals surface area contributed by atoms with Crippen LogP contribution in [-0.4, -0.2) is 41.9 Å². The summed E-state index contributed by atoms with van der Waals surface area (Å²) in [6.07, 6.45) is 2.40. The second kappa shape index (κ2) is 4.64. The van der Waals surface area contributed by atoms with Gasteiger partial charge in [-0.3, -0.25) is 9.69 Å². The first-order valence-corrected chi connectivity index (χ1v) is 7.13. The van der Waals surface area contributed by atoms with Crippen LogP contribution >= 0.6 is 0 Å². The van der Waals surface area contributed by atoms with Crippen LogP contribution in [0.4, 0.5) is 0 Å². The van der Waals surface area contributed by atoms with Gasteiger partial charge in [0, 0.05) is 12.1 Å². The van der Waals surface area contributed by atoms with Gasteiger partial charge in [0.05, 0.1) is 0 Å². The zero-order valence-electron chi connectivity index (χ0n) is 11.9. The van der Waals surface area contributed by atoms with Gasteiger partial charge in [-0.2, -0.15) is 0 Å². The molecule has 3 heteroatoms. The molecule has 0 radical (unpaired) electrons. The average molecular weight is 258 g/mol. The maximum atomic E-state index is 12.9. The average Bonchev–Trinajstić information content (AvgIpc) is 3.02. The Hall–Kier alpha value is -1.35. The third kappa shape index (κ3) is 2.16. The van der Waals surface area contributed by atoms with Crippen molar-refractivity contribution in [2.24, 2.45) is 5.92 Å². The third-order valence-corrected chi connectivity index (χ3v) is 4.48. The van der Waals surface area contributed by atoms with Crippen LogP contribution in [0, 0.1) is 5.92 Å². The van der Waals surface area contributed by atoms with Crippen molar-refractivity contribution in [3.8, 4) is 0 Å². The highest BCUT2D eigenvalue weighted by Crippen LogP contribution is 2.48. The number of rotatable bonds is 3. The second-order valence-corrected chi connectivity index (χ2v) is 6.17. The minimum Gasteiger partial charge on any atom is -0.335 e. The van der Waals surface area contributed by atoms with Gasteiger partial charge < -0.3 is 4.90 Å². The summed E-state index contributed by atoms with van der Waals surface area (Å²) in [5, 5.41) is 0. The van der Waals surface area contributed by atoms with Crippen molar-refractivity contribution in [2.45, 2.75) is 37.9 Å². The fourth-order valence-corrected chi connectivity index (χ4v) is 3.52. The molecule has 1 aliphatic heterocycles. The van der Waals surface area contributed by atoms with E-state index in [1.165, 1.54) is 12.8 Å². The lowest BCUT2D eigenvalue weighted by molar-refractivity contribution is -0.138. The van der Waals surface area contributed by atoms with Gasteiger partial charge in [-0.25, -0.2) is 0 Å². The summed E-state index contributed by atoms with van der Waals surface area (Å²) in [6.45, 7) is 2.18. The zero-order valence-corrected chi connectivity index (χ0v) is 11.9. The summed E-state index contributed by atoms with van der Waals surface area (Å²) >= 11 is 0. The molecule has 1 amide bonds. The van der Waals surface area contributed by atoms with Gasteiger partial charge in [0.25, 0.3) is 0 Å². The summed E-state index contributed by atoms with van der Waals surface area (Å²) < 4.78 is 0. The Labute approximate surface area is 115 Å². The summed E-state index contributed by atoms with van der Waals surface area (Å²) in [7, 11) is 3.97. The number of carbonyl (C=O) groups excluding carboxylic acids is 1. The first-order chi connectivity index (χ1) is 9.09. The molecule has 1 aromatic carbocycles. The van der Waals surface area contributed by atoms with E-state index in [4.69, 9.17) is 0 Å². The van der Waals surface area contributed by atoms with E-state index in [9.17, 15) is 4.79 Å². The molecule has 4 atom stereocenters. The highest BCUT2D eigenvalue weighted by Gasteiger charge is 2.53. The van der Waals surface area contributed by atoms with Crippen LogP contribution < -0.4 is 0 Å². The maximum Gasteiger partial charge on any atom is 0.245 e. The van der Waals surface area contributed by atoms with Gasteiger partial charge in [-0.15, -0.1) is 0 Å². The molecule has 2 aliphatic rings. The van der Waals surface area contributed by atoms with Gasteiger partial charge in [0.1, 0.15) is 6.04 Å². The van der Waals surface area contributed by atoms with Crippen molar-refractivity contribution in [3.63, 3.8) is 0 Å². The van der Waals surface area contributed by atoms with E-state index in [1.54, 1.807) is 0 Å². The molecule has 1 aliphatic carbocycles. The SMILES string of the molecule is CC1CC2CC2N1C(=O)C(c1ccccc1)N(C)C. The molecule has 0 bridgehead atoms. The molecule has 19 heavy (non-hydrogen) atoms. The lowest BCUT2D eigenvalue weighted by Gasteiger charge is -2.32. The van der Waals surface area contributed by atoms with Gasteiger partial charge in [0.2, 0.25) is 5.91 Å². The third-order valence-electron chi connectivity index (χ3n) is 4.48. The number of hydrogen-bond donors (Lipinski definition) is 0. The monoisotopic (exact) mass is 258 g/mol. The fourth-order valence-electron chi connectivity index (χ4n) is 3.52. The molecule has 1 saturated heterocycles. The number of likely N-dealkylation sites (tertiary alicyclic amines) is 1. The summed E-state index contributed by atoms with van der Waals surface area (Å²) in [4.78, 5) is 17.1. The zero-order chi connectivity index (χ0) is 13.6. The minimum absolute atomic E-state index is 0.150. The van der Waals surface area contributed by atoms with E-state index in [0.29, 0.717) is 12.1 Å². The molecule has 1 saturated carbocycles. The van der Waals surface area contributed by atoms with Gasteiger partial charge in [-0.05, 0) is 45.3 Å². The number of likely N-dealkylation sites (N-methyl/N-ethyl adjacent to an activating group) is 1. The number of piperidine rings is 1. The number of amides is 1. The smallest absolute Gasteiger partial charge is 0.245 e. The van der Waals surface area contributed by atoms with Crippen LogP contribution in [0.3, 0.4) is 0 Å². The lowest BCUT2D eigenvalue weighted by Crippen LogP contribution is -2.44. The number of fused-ring (bicyclic) bond motifs is 1. The Morgan fingerprint density at radius 2 is 1.95 bits per heavy atom. The molecular weight excluding hydrogens is 236 g/mol. The maximum absolute atomic E-state index is 12.9. The van der Waals surface area contributed by atoms with E-state index >= 15 is 0 Å². The largest absolute Gasteiger partial charge is 0.335 e. The molecule has 102 valence electrons. The summed E-state index contributed by atoms with van der Waals surface area (Å²) in [5.41, 5.74) is 1.09. The van der Waals surface area contributed by atoms with Crippen molar-refractivity contribution in [3.05, 3.63) is 35.9 Å². The standard InChI is InChI=1S/C16H22N2O/c1-11-9-13-10-14(13)18(11)16(19)15(17(2)3)12-7-5-4-6-8-12/h4-8,11,13-15H,9-10H2,1-3H3. The molecule has 0 N–H and O–H groups in total. The van der Waals surface area contributed by atoms with E-state index in [-0.39, 0.29) is 11.9 Å². The van der Waals surface area contributed by atoms with Crippen LogP contribution in [0.25, 0.3) is 0 Å². The van der Waals surface area contributed by atoms with Crippen LogP contribution in [0.5, 0.6) is 0 Å². The molecule has 4 unspecified atom stereocenters. The van der Waals surface area contributed by atoms with E-state index < -0.39 is 0 Å². The van der Waals surface area contributed by atoms with Crippen molar-refractivity contribution >= 4 is 5.91 Å². The predicted octanol–water partition coefficient (Wildman–Crippen LogP) is 2.30. The highest BCUT2D eigenvalue weighted by molar-refractivity contribution is 5.84. The van der Waals surface area contributed by atoms with Gasteiger partial charge in [0.15, 0.2) is 0 Å². The van der Waals surface area contributed by atoms with Crippen LogP contribution in [0.1, 0.15) is 31.4 Å². The van der Waals surface area contributed by atoms with Crippen LogP contribution in [0.15, 0.2) is 30.3 Å². The number of nitrogens with zero attached hydrogens (tertiary/aromatic N) is 2. The molecular formula is C16H22N2O. The Bertz CT molecular complexity index is 469. The quantitative estimate of drug-likeness (QED) is 0.830. The number of benzene rings is 1. The summed E-state index contributed by atoms with van der Waals surface area (Å²) in [6, 6.07) is 10.9. The second-order valence-electron chi connectivity index (χ2n) is 6.17. The number of carbonyl (C=O) groups is 1. The number of hydrogen-bond acceptors (Lipinski definition) is 2. The Morgan fingerprint density at radius 1 is 1.26 bits per heavy atom. The normalized spacial score (nSPS) is 30.3. The van der Waals surface area contributed by atoms with E-state index in [2.05, 4.69) is 11.8 Å². The van der Waals surface area contributed by atoms with Crippen molar-refractivity contribution < 1.29 is 4.79 Å². The summed E-state index contributed by atoms with van der Waals surface area (Å²) in [5.74, 6) is 1.05. The Kier molecular flexibility index (Phi) is 3.09. The van der Waals surface area contributed by atoms with Crippen molar-refractivity contribution in [2.75, 3.05) is 14.1 Å². The molecule has 0 spiro atoms. The van der Waals surface area contributed by atoms with Crippen LogP contribution in [-0.2, 0) is 4.79 Å². The Balaban J connectivity index is 1.86. The fraction of sp³-hybridized carbons (Fsp3) is 0.562. The molecule has 0 aromatic heterocycles. The van der Waals surface area contributed by atoms with Gasteiger partial charge >= 0.3 is 0 Å². The molecule has 2 fully saturated rings. The minimum atomic E-state index is -0.150. The molecule has 1 heterocycles. The lowest BCUT2D eigenvalue weighted by atomic mass is 10.0. The first-order valence-electron chi connectivity index (χ1n) is 7.13. The van der Waals surface area contributed by atoms with Crippen LogP contribution in [0.2, 0.25) is 0 Å². The highest BCUT2D eigenvalue weighted by atomic mass is 16.2. The van der Waals surface area contributed by atoms with Gasteiger partial charge in [-0.1, -0.05) is 30.3 Å². The first kappa shape index (κ1) is 12.7.